The Morgan fingerprint density at radius 1 is 1.14 bits per heavy atom. The fourth-order valence-corrected chi connectivity index (χ4v) is 6.95. The average molecular weight is 589 g/mol. The zero-order valence-electron chi connectivity index (χ0n) is 22.7. The number of pyridine rings is 1. The van der Waals surface area contributed by atoms with Crippen molar-refractivity contribution in [3.63, 3.8) is 0 Å². The zero-order valence-corrected chi connectivity index (χ0v) is 23.5. The van der Waals surface area contributed by atoms with E-state index in [0.717, 1.165) is 12.7 Å². The third-order valence-corrected chi connectivity index (χ3v) is 9.01. The van der Waals surface area contributed by atoms with Gasteiger partial charge < -0.3 is 16.4 Å². The van der Waals surface area contributed by atoms with E-state index >= 15 is 0 Å². The molecule has 4 aromatic rings. The average Bonchev–Trinajstić information content (AvgIpc) is 3.63. The summed E-state index contributed by atoms with van der Waals surface area (Å²) in [6.45, 7) is 1.68. The normalized spacial score (nSPS) is 21.5. The number of benzene rings is 2. The molecule has 1 saturated heterocycles. The molecule has 2 aliphatic rings. The Hall–Kier alpha value is -4.49. The van der Waals surface area contributed by atoms with Crippen LogP contribution in [0.15, 0.2) is 60.9 Å². The van der Waals surface area contributed by atoms with Crippen molar-refractivity contribution in [1.29, 1.82) is 5.41 Å². The monoisotopic (exact) mass is 588 g/mol. The van der Waals surface area contributed by atoms with Gasteiger partial charge in [-0.25, -0.2) is 27.5 Å². The lowest BCUT2D eigenvalue weighted by molar-refractivity contribution is 0.0983. The number of hydrogen-bond donors (Lipinski definition) is 4. The Labute approximate surface area is 241 Å². The van der Waals surface area contributed by atoms with E-state index < -0.39 is 21.3 Å². The van der Waals surface area contributed by atoms with Crippen LogP contribution in [-0.2, 0) is 15.4 Å². The molecule has 42 heavy (non-hydrogen) atoms. The van der Waals surface area contributed by atoms with Gasteiger partial charge in [0.1, 0.15) is 17.3 Å². The highest BCUT2D eigenvalue weighted by Crippen LogP contribution is 2.63. The maximum Gasteiger partial charge on any atom is 0.266 e. The number of anilines is 2. The minimum Gasteiger partial charge on any atom is -0.382 e. The van der Waals surface area contributed by atoms with Gasteiger partial charge in [-0.1, -0.05) is 30.3 Å². The lowest BCUT2D eigenvalue weighted by atomic mass is 9.91. The Balaban J connectivity index is 1.26. The molecule has 3 heterocycles. The van der Waals surface area contributed by atoms with Crippen LogP contribution in [0.5, 0.6) is 0 Å². The quantitative estimate of drug-likeness (QED) is 0.235. The first kappa shape index (κ1) is 27.7. The number of carbonyl (C=O) groups excluding carboxylic acids is 1. The minimum absolute atomic E-state index is 0.0257. The second-order valence-corrected chi connectivity index (χ2v) is 12.5. The number of piperidine rings is 1. The third kappa shape index (κ3) is 4.54. The SMILES string of the molecule is CS(=O)(=O)NC(=O)c1ccc(C(=N)c2ncc(N3CC[C@@H]4[C@H](C3)[C@@]4(CN)c3ccccc3F)nc2N)c2cccnc12. The smallest absolute Gasteiger partial charge is 0.266 e. The van der Waals surface area contributed by atoms with Crippen LogP contribution in [0, 0.1) is 23.1 Å². The molecule has 1 aliphatic carbocycles. The number of amides is 1. The fraction of sp³-hybridized carbons (Fsp3) is 0.276. The van der Waals surface area contributed by atoms with E-state index in [0.29, 0.717) is 42.0 Å². The van der Waals surface area contributed by atoms with E-state index in [-0.39, 0.29) is 46.0 Å². The predicted molar refractivity (Wildman–Crippen MR) is 157 cm³/mol. The van der Waals surface area contributed by atoms with Crippen LogP contribution < -0.4 is 21.1 Å². The standard InChI is InChI=1S/C29H29FN8O3S/c1-42(40,41)37-28(39)18-9-8-16(17-5-4-11-34-25(17)18)24(32)26-27(33)36-23(13-35-26)38-12-10-19-21(14-38)29(19,15-31)20-6-2-3-7-22(20)30/h2-9,11,13,19,21,32H,10,12,14-15,31H2,1H3,(H2,33,36)(H,37,39)/t19-,21+,29-/m1/s1. The van der Waals surface area contributed by atoms with Gasteiger partial charge in [-0.2, -0.15) is 0 Å². The van der Waals surface area contributed by atoms with E-state index in [1.807, 2.05) is 16.9 Å². The largest absolute Gasteiger partial charge is 0.382 e. The first-order chi connectivity index (χ1) is 20.0. The van der Waals surface area contributed by atoms with Crippen molar-refractivity contribution in [3.8, 4) is 0 Å². The van der Waals surface area contributed by atoms with Crippen LogP contribution in [0.4, 0.5) is 16.0 Å². The topological polar surface area (TPSA) is 181 Å². The summed E-state index contributed by atoms with van der Waals surface area (Å²) in [5, 5.41) is 9.35. The van der Waals surface area contributed by atoms with Gasteiger partial charge in [-0.3, -0.25) is 15.2 Å². The van der Waals surface area contributed by atoms with Crippen LogP contribution in [0.1, 0.15) is 33.6 Å². The van der Waals surface area contributed by atoms with Gasteiger partial charge in [0.25, 0.3) is 5.91 Å². The number of nitrogens with zero attached hydrogens (tertiary/aromatic N) is 4. The molecule has 3 atom stereocenters. The van der Waals surface area contributed by atoms with Crippen LogP contribution in [0.2, 0.25) is 0 Å². The lowest BCUT2D eigenvalue weighted by Crippen LogP contribution is -2.33. The molecule has 0 bridgehead atoms. The second kappa shape index (κ2) is 10.1. The predicted octanol–water partition coefficient (Wildman–Crippen LogP) is 2.20. The molecule has 2 fully saturated rings. The summed E-state index contributed by atoms with van der Waals surface area (Å²) >= 11 is 0. The highest BCUT2D eigenvalue weighted by molar-refractivity contribution is 7.89. The summed E-state index contributed by atoms with van der Waals surface area (Å²) in [6.07, 6.45) is 4.77. The number of sulfonamides is 1. The van der Waals surface area contributed by atoms with Crippen LogP contribution >= 0.6 is 0 Å². The molecule has 2 aromatic heterocycles. The number of halogens is 1. The van der Waals surface area contributed by atoms with E-state index in [1.165, 1.54) is 24.4 Å². The number of hydrogen-bond acceptors (Lipinski definition) is 10. The second-order valence-electron chi connectivity index (χ2n) is 10.8. The Morgan fingerprint density at radius 2 is 1.90 bits per heavy atom. The first-order valence-corrected chi connectivity index (χ1v) is 15.3. The molecule has 0 spiro atoms. The maximum absolute atomic E-state index is 14.7. The summed E-state index contributed by atoms with van der Waals surface area (Å²) < 4.78 is 39.9. The molecule has 6 rings (SSSR count). The van der Waals surface area contributed by atoms with Gasteiger partial charge in [0.15, 0.2) is 5.82 Å². The van der Waals surface area contributed by atoms with E-state index in [9.17, 15) is 17.6 Å². The van der Waals surface area contributed by atoms with Gasteiger partial charge in [0.05, 0.1) is 29.2 Å². The molecule has 1 aliphatic heterocycles. The Morgan fingerprint density at radius 3 is 2.62 bits per heavy atom. The van der Waals surface area contributed by atoms with Crippen molar-refractivity contribution < 1.29 is 17.6 Å². The van der Waals surface area contributed by atoms with Crippen molar-refractivity contribution in [2.75, 3.05) is 36.5 Å². The molecule has 1 amide bonds. The summed E-state index contributed by atoms with van der Waals surface area (Å²) in [6, 6.07) is 13.1. The Bertz CT molecular complexity index is 1870. The molecule has 2 aromatic carbocycles. The summed E-state index contributed by atoms with van der Waals surface area (Å²) in [7, 11) is -3.79. The number of nitrogens with one attached hydrogen (secondary N) is 2. The fourth-order valence-electron chi connectivity index (χ4n) is 6.50. The van der Waals surface area contributed by atoms with Gasteiger partial charge in [0, 0.05) is 42.2 Å². The van der Waals surface area contributed by atoms with Gasteiger partial charge in [-0.05, 0) is 42.0 Å². The van der Waals surface area contributed by atoms with E-state index in [2.05, 4.69) is 19.9 Å². The highest BCUT2D eigenvalue weighted by atomic mass is 32.2. The van der Waals surface area contributed by atoms with E-state index in [1.54, 1.807) is 24.4 Å². The lowest BCUT2D eigenvalue weighted by Gasteiger charge is -2.27. The van der Waals surface area contributed by atoms with Crippen LogP contribution in [0.25, 0.3) is 10.9 Å². The van der Waals surface area contributed by atoms with E-state index in [4.69, 9.17) is 16.9 Å². The zero-order chi connectivity index (χ0) is 29.8. The van der Waals surface area contributed by atoms with Crippen LogP contribution in [0.3, 0.4) is 0 Å². The molecule has 6 N–H and O–H groups in total. The molecule has 13 heteroatoms. The van der Waals surface area contributed by atoms with Crippen molar-refractivity contribution in [2.24, 2.45) is 17.6 Å². The number of nitrogens with two attached hydrogens (primary N) is 2. The molecule has 11 nitrogen and oxygen atoms in total. The number of aromatic nitrogens is 3. The number of fused-ring (bicyclic) bond motifs is 2. The van der Waals surface area contributed by atoms with Gasteiger partial charge >= 0.3 is 0 Å². The van der Waals surface area contributed by atoms with Crippen LogP contribution in [-0.4, -0.2) is 60.9 Å². The van der Waals surface area contributed by atoms with Crippen molar-refractivity contribution in [2.45, 2.75) is 11.8 Å². The Kier molecular flexibility index (Phi) is 6.65. The molecular formula is C29H29FN8O3S. The van der Waals surface area contributed by atoms with Gasteiger partial charge in [0.2, 0.25) is 10.0 Å². The summed E-state index contributed by atoms with van der Waals surface area (Å²) in [4.78, 5) is 28.0. The molecule has 1 saturated carbocycles. The van der Waals surface area contributed by atoms with Crippen molar-refractivity contribution >= 4 is 44.2 Å². The molecule has 216 valence electrons. The molecular weight excluding hydrogens is 559 g/mol. The molecule has 0 unspecified atom stereocenters. The summed E-state index contributed by atoms with van der Waals surface area (Å²) in [5.74, 6) is 0.0292. The number of nitrogen functional groups attached to an aromatic ring is 1. The first-order valence-electron chi connectivity index (χ1n) is 13.4. The summed E-state index contributed by atoms with van der Waals surface area (Å²) in [5.41, 5.74) is 13.6. The number of carbonyl (C=O) groups is 1. The maximum atomic E-state index is 14.7. The van der Waals surface area contributed by atoms with Crippen molar-refractivity contribution in [3.05, 3.63) is 89.1 Å². The minimum atomic E-state index is -3.79. The van der Waals surface area contributed by atoms with Gasteiger partial charge in [-0.15, -0.1) is 0 Å². The van der Waals surface area contributed by atoms with Crippen molar-refractivity contribution in [1.82, 2.24) is 19.7 Å². The molecule has 0 radical (unpaired) electrons. The highest BCUT2D eigenvalue weighted by Gasteiger charge is 2.66. The number of rotatable bonds is 7. The third-order valence-electron chi connectivity index (χ3n) is 8.45.